The van der Waals surface area contributed by atoms with Gasteiger partial charge < -0.3 is 5.32 Å². The first-order valence-electron chi connectivity index (χ1n) is 5.30. The number of anilines is 1. The molecule has 96 valence electrons. The molecule has 0 fully saturated rings. The minimum Gasteiger partial charge on any atom is -0.365 e. The number of hydrogen-bond acceptors (Lipinski definition) is 4. The first-order valence-corrected chi connectivity index (χ1v) is 6.74. The number of hydrogen-bond donors (Lipinski definition) is 1. The molecule has 0 aliphatic rings. The minimum atomic E-state index is -3.39. The van der Waals surface area contributed by atoms with Crippen molar-refractivity contribution in [1.29, 1.82) is 0 Å². The molecule has 0 amide bonds. The first-order chi connectivity index (χ1) is 7.63. The Balaban J connectivity index is 2.97. The average Bonchev–Trinajstić information content (AvgIpc) is 2.15. The van der Waals surface area contributed by atoms with Crippen molar-refractivity contribution in [3.63, 3.8) is 0 Å². The van der Waals surface area contributed by atoms with E-state index in [2.05, 4.69) is 10.3 Å². The van der Waals surface area contributed by atoms with E-state index in [1.165, 1.54) is 24.6 Å². The molecule has 1 aromatic heterocycles. The van der Waals surface area contributed by atoms with Crippen molar-refractivity contribution < 1.29 is 8.42 Å². The average molecular weight is 257 g/mol. The lowest BCUT2D eigenvalue weighted by atomic mass is 10.1. The molecule has 5 nitrogen and oxygen atoms in total. The Morgan fingerprint density at radius 1 is 1.24 bits per heavy atom. The van der Waals surface area contributed by atoms with Crippen LogP contribution in [0.25, 0.3) is 0 Å². The van der Waals surface area contributed by atoms with Gasteiger partial charge in [-0.25, -0.2) is 17.7 Å². The molecule has 0 saturated heterocycles. The third kappa shape index (κ3) is 3.67. The Kier molecular flexibility index (Phi) is 3.78. The van der Waals surface area contributed by atoms with E-state index >= 15 is 0 Å². The van der Waals surface area contributed by atoms with Crippen LogP contribution in [0.4, 0.5) is 5.82 Å². The Bertz CT molecular complexity index is 472. The molecule has 1 N–H and O–H groups in total. The summed E-state index contributed by atoms with van der Waals surface area (Å²) < 4.78 is 24.8. The van der Waals surface area contributed by atoms with Crippen LogP contribution in [0.15, 0.2) is 23.2 Å². The third-order valence-electron chi connectivity index (χ3n) is 2.02. The predicted molar refractivity (Wildman–Crippen MR) is 68.5 cm³/mol. The lowest BCUT2D eigenvalue weighted by Gasteiger charge is -2.21. The van der Waals surface area contributed by atoms with Crippen molar-refractivity contribution in [2.45, 2.75) is 31.2 Å². The van der Waals surface area contributed by atoms with Gasteiger partial charge in [0.1, 0.15) is 10.7 Å². The van der Waals surface area contributed by atoms with Gasteiger partial charge >= 0.3 is 0 Å². The summed E-state index contributed by atoms with van der Waals surface area (Å²) in [7, 11) is -0.401. The van der Waals surface area contributed by atoms with Gasteiger partial charge in [-0.2, -0.15) is 0 Å². The van der Waals surface area contributed by atoms with Gasteiger partial charge in [-0.05, 0) is 32.9 Å². The SMILES string of the molecule is CN(C)S(=O)(=O)c1ccc(NC(C)(C)C)nc1. The van der Waals surface area contributed by atoms with Crippen molar-refractivity contribution in [3.05, 3.63) is 18.3 Å². The lowest BCUT2D eigenvalue weighted by molar-refractivity contribution is 0.520. The van der Waals surface area contributed by atoms with Gasteiger partial charge in [0.2, 0.25) is 10.0 Å². The summed E-state index contributed by atoms with van der Waals surface area (Å²) in [5.41, 5.74) is -0.102. The fourth-order valence-corrected chi connectivity index (χ4v) is 2.05. The lowest BCUT2D eigenvalue weighted by Crippen LogP contribution is -2.27. The van der Waals surface area contributed by atoms with Gasteiger partial charge in [0.15, 0.2) is 0 Å². The maximum atomic E-state index is 11.8. The molecule has 0 saturated carbocycles. The quantitative estimate of drug-likeness (QED) is 0.892. The highest BCUT2D eigenvalue weighted by atomic mass is 32.2. The van der Waals surface area contributed by atoms with E-state index in [4.69, 9.17) is 0 Å². The second kappa shape index (κ2) is 4.62. The van der Waals surface area contributed by atoms with Crippen molar-refractivity contribution >= 4 is 15.8 Å². The maximum absolute atomic E-state index is 11.8. The van der Waals surface area contributed by atoms with E-state index < -0.39 is 10.0 Å². The zero-order chi connectivity index (χ0) is 13.3. The van der Waals surface area contributed by atoms with E-state index in [-0.39, 0.29) is 10.4 Å². The molecular formula is C11H19N3O2S. The van der Waals surface area contributed by atoms with Crippen LogP contribution in [-0.2, 0) is 10.0 Å². The van der Waals surface area contributed by atoms with Gasteiger partial charge in [-0.1, -0.05) is 0 Å². The second-order valence-electron chi connectivity index (χ2n) is 5.04. The third-order valence-corrected chi connectivity index (χ3v) is 3.82. The molecule has 1 heterocycles. The van der Waals surface area contributed by atoms with Gasteiger partial charge in [-0.15, -0.1) is 0 Å². The minimum absolute atomic E-state index is 0.102. The topological polar surface area (TPSA) is 62.3 Å². The number of pyridine rings is 1. The summed E-state index contributed by atoms with van der Waals surface area (Å²) in [6.07, 6.45) is 1.36. The normalized spacial score (nSPS) is 12.8. The molecular weight excluding hydrogens is 238 g/mol. The van der Waals surface area contributed by atoms with Crippen LogP contribution in [0.2, 0.25) is 0 Å². The predicted octanol–water partition coefficient (Wildman–Crippen LogP) is 1.54. The van der Waals surface area contributed by atoms with Crippen LogP contribution in [0.1, 0.15) is 20.8 Å². The number of sulfonamides is 1. The Morgan fingerprint density at radius 3 is 2.18 bits per heavy atom. The Hall–Kier alpha value is -1.14. The fourth-order valence-electron chi connectivity index (χ4n) is 1.20. The van der Waals surface area contributed by atoms with Gasteiger partial charge in [0.25, 0.3) is 0 Å². The fraction of sp³-hybridized carbons (Fsp3) is 0.545. The van der Waals surface area contributed by atoms with Crippen LogP contribution in [0.3, 0.4) is 0 Å². The van der Waals surface area contributed by atoms with Crippen LogP contribution < -0.4 is 5.32 Å². The molecule has 6 heteroatoms. The summed E-state index contributed by atoms with van der Waals surface area (Å²) in [6, 6.07) is 3.22. The molecule has 0 aliphatic heterocycles. The zero-order valence-electron chi connectivity index (χ0n) is 10.9. The number of nitrogens with one attached hydrogen (secondary N) is 1. The molecule has 0 aromatic carbocycles. The van der Waals surface area contributed by atoms with E-state index in [1.54, 1.807) is 12.1 Å². The van der Waals surface area contributed by atoms with E-state index in [9.17, 15) is 8.42 Å². The molecule has 1 aromatic rings. The molecule has 17 heavy (non-hydrogen) atoms. The second-order valence-corrected chi connectivity index (χ2v) is 7.19. The number of rotatable bonds is 3. The molecule has 0 spiro atoms. The van der Waals surface area contributed by atoms with Crippen molar-refractivity contribution in [3.8, 4) is 0 Å². The summed E-state index contributed by atoms with van der Waals surface area (Å²) in [5.74, 6) is 0.662. The smallest absolute Gasteiger partial charge is 0.244 e. The van der Waals surface area contributed by atoms with Gasteiger partial charge in [-0.3, -0.25) is 0 Å². The van der Waals surface area contributed by atoms with E-state index in [0.717, 1.165) is 0 Å². The molecule has 0 bridgehead atoms. The van der Waals surface area contributed by atoms with E-state index in [1.807, 2.05) is 20.8 Å². The molecule has 1 rings (SSSR count). The summed E-state index contributed by atoms with van der Waals surface area (Å²) in [5, 5.41) is 3.17. The largest absolute Gasteiger partial charge is 0.365 e. The van der Waals surface area contributed by atoms with Crippen LogP contribution in [0, 0.1) is 0 Å². The summed E-state index contributed by atoms with van der Waals surface area (Å²) >= 11 is 0. The highest BCUT2D eigenvalue weighted by Crippen LogP contribution is 2.16. The summed E-state index contributed by atoms with van der Waals surface area (Å²) in [4.78, 5) is 4.29. The van der Waals surface area contributed by atoms with Crippen LogP contribution in [0.5, 0.6) is 0 Å². The van der Waals surface area contributed by atoms with Gasteiger partial charge in [0, 0.05) is 25.8 Å². The zero-order valence-corrected chi connectivity index (χ0v) is 11.7. The number of nitrogens with zero attached hydrogens (tertiary/aromatic N) is 2. The Labute approximate surface area is 103 Å². The van der Waals surface area contributed by atoms with Crippen LogP contribution in [-0.4, -0.2) is 37.3 Å². The molecule has 0 radical (unpaired) electrons. The monoisotopic (exact) mass is 257 g/mol. The van der Waals surface area contributed by atoms with Crippen molar-refractivity contribution in [1.82, 2.24) is 9.29 Å². The first kappa shape index (κ1) is 13.9. The number of aromatic nitrogens is 1. The summed E-state index contributed by atoms with van der Waals surface area (Å²) in [6.45, 7) is 6.04. The molecule has 0 atom stereocenters. The molecule has 0 aliphatic carbocycles. The maximum Gasteiger partial charge on any atom is 0.244 e. The van der Waals surface area contributed by atoms with Gasteiger partial charge in [0.05, 0.1) is 0 Å². The Morgan fingerprint density at radius 2 is 1.82 bits per heavy atom. The highest BCUT2D eigenvalue weighted by molar-refractivity contribution is 7.89. The van der Waals surface area contributed by atoms with Crippen molar-refractivity contribution in [2.24, 2.45) is 0 Å². The molecule has 0 unspecified atom stereocenters. The highest BCUT2D eigenvalue weighted by Gasteiger charge is 2.18. The standard InChI is InChI=1S/C11H19N3O2S/c1-11(2,3)13-10-7-6-9(8-12-10)17(15,16)14(4)5/h6-8H,1-5H3,(H,12,13). The van der Waals surface area contributed by atoms with Crippen molar-refractivity contribution in [2.75, 3.05) is 19.4 Å². The van der Waals surface area contributed by atoms with E-state index in [0.29, 0.717) is 5.82 Å². The van der Waals surface area contributed by atoms with Crippen LogP contribution >= 0.6 is 0 Å².